The van der Waals surface area contributed by atoms with Crippen LogP contribution in [0.1, 0.15) is 153 Å². The number of esters is 1. The fourth-order valence-corrected chi connectivity index (χ4v) is 7.93. The summed E-state index contributed by atoms with van der Waals surface area (Å²) in [6, 6.07) is 14.8. The van der Waals surface area contributed by atoms with Gasteiger partial charge in [0.05, 0.1) is 18.8 Å². The van der Waals surface area contributed by atoms with Gasteiger partial charge in [-0.05, 0) is 97.9 Å². The molecule has 0 bridgehead atoms. The van der Waals surface area contributed by atoms with E-state index in [4.69, 9.17) is 14.2 Å². The van der Waals surface area contributed by atoms with Gasteiger partial charge in [-0.2, -0.15) is 0 Å². The molecule has 250 valence electrons. The zero-order valence-corrected chi connectivity index (χ0v) is 28.6. The predicted octanol–water partition coefficient (Wildman–Crippen LogP) is 12.0. The summed E-state index contributed by atoms with van der Waals surface area (Å²) in [6.07, 6.45) is 27.0. The Morgan fingerprint density at radius 3 is 1.33 bits per heavy atom. The standard InChI is InChI=1S/C41H62O4/c1-3-5-7-15-33-17-9-11-19-35(33)21-13-31-43-38-25-23-37(24-26-38)41(42)45-40-29-27-39(28-30-40)44-32-14-22-36-20-12-10-18-34(36)16-8-6-4-2/h23-30,33-36H,3-22,31-32H2,1-2H3. The average Bonchev–Trinajstić information content (AvgIpc) is 3.07. The molecule has 4 heteroatoms. The molecule has 4 rings (SSSR count). The molecule has 2 saturated carbocycles. The Balaban J connectivity index is 1.11. The van der Waals surface area contributed by atoms with Crippen LogP contribution in [0.3, 0.4) is 0 Å². The van der Waals surface area contributed by atoms with Crippen molar-refractivity contribution in [1.82, 2.24) is 0 Å². The van der Waals surface area contributed by atoms with Crippen molar-refractivity contribution in [2.24, 2.45) is 23.7 Å². The van der Waals surface area contributed by atoms with Gasteiger partial charge in [0.25, 0.3) is 0 Å². The second kappa shape index (κ2) is 20.6. The van der Waals surface area contributed by atoms with Gasteiger partial charge in [-0.3, -0.25) is 0 Å². The Bertz CT molecular complexity index is 1060. The molecule has 4 atom stereocenters. The van der Waals surface area contributed by atoms with Crippen molar-refractivity contribution in [3.8, 4) is 17.2 Å². The Morgan fingerprint density at radius 2 is 0.911 bits per heavy atom. The van der Waals surface area contributed by atoms with Crippen LogP contribution in [0, 0.1) is 23.7 Å². The van der Waals surface area contributed by atoms with Gasteiger partial charge in [-0.15, -0.1) is 0 Å². The monoisotopic (exact) mass is 618 g/mol. The number of carbonyl (C=O) groups excluding carboxylic acids is 1. The van der Waals surface area contributed by atoms with Gasteiger partial charge in [0.15, 0.2) is 0 Å². The Hall–Kier alpha value is -2.49. The van der Waals surface area contributed by atoms with Crippen molar-refractivity contribution in [3.63, 3.8) is 0 Å². The van der Waals surface area contributed by atoms with E-state index >= 15 is 0 Å². The van der Waals surface area contributed by atoms with Crippen molar-refractivity contribution < 1.29 is 19.0 Å². The topological polar surface area (TPSA) is 44.8 Å². The SMILES string of the molecule is CCCCCC1CCCCC1CCCOc1ccc(OC(=O)c2ccc(OCCCC3CCCCC3CCCCC)cc2)cc1. The van der Waals surface area contributed by atoms with Crippen LogP contribution in [0.5, 0.6) is 17.2 Å². The molecular weight excluding hydrogens is 556 g/mol. The molecule has 0 radical (unpaired) electrons. The van der Waals surface area contributed by atoms with Crippen LogP contribution in [0.4, 0.5) is 0 Å². The first-order valence-electron chi connectivity index (χ1n) is 18.8. The van der Waals surface area contributed by atoms with Crippen LogP contribution in [0.25, 0.3) is 0 Å². The lowest BCUT2D eigenvalue weighted by Gasteiger charge is -2.31. The summed E-state index contributed by atoms with van der Waals surface area (Å²) >= 11 is 0. The normalized spacial score (nSPS) is 21.7. The largest absolute Gasteiger partial charge is 0.494 e. The lowest BCUT2D eigenvalue weighted by atomic mass is 9.74. The zero-order valence-electron chi connectivity index (χ0n) is 28.6. The molecule has 0 heterocycles. The summed E-state index contributed by atoms with van der Waals surface area (Å²) < 4.78 is 17.7. The summed E-state index contributed by atoms with van der Waals surface area (Å²) in [5.41, 5.74) is 0.524. The Kier molecular flexibility index (Phi) is 16.2. The minimum absolute atomic E-state index is 0.359. The Morgan fingerprint density at radius 1 is 0.533 bits per heavy atom. The Labute approximate surface area is 275 Å². The van der Waals surface area contributed by atoms with Gasteiger partial charge in [-0.1, -0.05) is 117 Å². The van der Waals surface area contributed by atoms with E-state index in [1.54, 1.807) is 12.1 Å². The maximum Gasteiger partial charge on any atom is 0.343 e. The third-order valence-electron chi connectivity index (χ3n) is 10.6. The maximum atomic E-state index is 12.7. The summed E-state index contributed by atoms with van der Waals surface area (Å²) in [5.74, 6) is 5.40. The van der Waals surface area contributed by atoms with Gasteiger partial charge in [-0.25, -0.2) is 4.79 Å². The van der Waals surface area contributed by atoms with Gasteiger partial charge < -0.3 is 14.2 Å². The van der Waals surface area contributed by atoms with E-state index in [9.17, 15) is 4.79 Å². The lowest BCUT2D eigenvalue weighted by molar-refractivity contribution is 0.0734. The number of unbranched alkanes of at least 4 members (excludes halogenated alkanes) is 4. The van der Waals surface area contributed by atoms with Crippen molar-refractivity contribution in [3.05, 3.63) is 54.1 Å². The van der Waals surface area contributed by atoms with Gasteiger partial charge >= 0.3 is 5.97 Å². The molecule has 2 aliphatic rings. The van der Waals surface area contributed by atoms with E-state index in [-0.39, 0.29) is 5.97 Å². The van der Waals surface area contributed by atoms with Crippen LogP contribution in [0.2, 0.25) is 0 Å². The molecule has 0 spiro atoms. The maximum absolute atomic E-state index is 12.7. The molecule has 0 aliphatic heterocycles. The quantitative estimate of drug-likeness (QED) is 0.0841. The number of rotatable bonds is 20. The van der Waals surface area contributed by atoms with Crippen LogP contribution >= 0.6 is 0 Å². The molecule has 45 heavy (non-hydrogen) atoms. The van der Waals surface area contributed by atoms with E-state index in [1.165, 1.54) is 116 Å². The van der Waals surface area contributed by atoms with Gasteiger partial charge in [0.1, 0.15) is 17.2 Å². The van der Waals surface area contributed by atoms with Crippen molar-refractivity contribution in [2.45, 2.75) is 142 Å². The summed E-state index contributed by atoms with van der Waals surface area (Å²) in [4.78, 5) is 12.7. The second-order valence-electron chi connectivity index (χ2n) is 14.0. The molecule has 0 amide bonds. The molecule has 0 N–H and O–H groups in total. The second-order valence-corrected chi connectivity index (χ2v) is 14.0. The predicted molar refractivity (Wildman–Crippen MR) is 186 cm³/mol. The molecule has 2 aromatic carbocycles. The van der Waals surface area contributed by atoms with E-state index in [1.807, 2.05) is 36.4 Å². The number of carbonyl (C=O) groups is 1. The van der Waals surface area contributed by atoms with Crippen LogP contribution < -0.4 is 14.2 Å². The number of ether oxygens (including phenoxy) is 3. The highest BCUT2D eigenvalue weighted by atomic mass is 16.5. The minimum Gasteiger partial charge on any atom is -0.494 e. The van der Waals surface area contributed by atoms with Gasteiger partial charge in [0.2, 0.25) is 0 Å². The number of benzene rings is 2. The van der Waals surface area contributed by atoms with Crippen LogP contribution in [0.15, 0.2) is 48.5 Å². The third-order valence-corrected chi connectivity index (χ3v) is 10.6. The molecule has 0 saturated heterocycles. The summed E-state index contributed by atoms with van der Waals surface area (Å²) in [6.45, 7) is 6.06. The average molecular weight is 619 g/mol. The highest BCUT2D eigenvalue weighted by Crippen LogP contribution is 2.37. The van der Waals surface area contributed by atoms with Crippen molar-refractivity contribution >= 4 is 5.97 Å². The highest BCUT2D eigenvalue weighted by Gasteiger charge is 2.25. The molecule has 4 nitrogen and oxygen atoms in total. The molecule has 0 aromatic heterocycles. The smallest absolute Gasteiger partial charge is 0.343 e. The van der Waals surface area contributed by atoms with E-state index in [0.29, 0.717) is 11.3 Å². The summed E-state index contributed by atoms with van der Waals surface area (Å²) in [7, 11) is 0. The van der Waals surface area contributed by atoms with E-state index in [0.717, 1.165) is 61.2 Å². The molecule has 2 fully saturated rings. The number of hydrogen-bond acceptors (Lipinski definition) is 4. The first kappa shape index (κ1) is 35.4. The molecular formula is C41H62O4. The first-order valence-corrected chi connectivity index (χ1v) is 18.8. The minimum atomic E-state index is -0.359. The van der Waals surface area contributed by atoms with Gasteiger partial charge in [0, 0.05) is 0 Å². The molecule has 2 aromatic rings. The van der Waals surface area contributed by atoms with Crippen LogP contribution in [-0.4, -0.2) is 19.2 Å². The zero-order chi connectivity index (χ0) is 31.5. The molecule has 2 aliphatic carbocycles. The fourth-order valence-electron chi connectivity index (χ4n) is 7.93. The summed E-state index contributed by atoms with van der Waals surface area (Å²) in [5, 5.41) is 0. The lowest BCUT2D eigenvalue weighted by Crippen LogP contribution is -2.20. The van der Waals surface area contributed by atoms with Crippen LogP contribution in [-0.2, 0) is 0 Å². The number of hydrogen-bond donors (Lipinski definition) is 0. The third kappa shape index (κ3) is 12.7. The van der Waals surface area contributed by atoms with Crippen molar-refractivity contribution in [1.29, 1.82) is 0 Å². The fraction of sp³-hybridized carbons (Fsp3) is 0.683. The van der Waals surface area contributed by atoms with E-state index in [2.05, 4.69) is 13.8 Å². The van der Waals surface area contributed by atoms with E-state index < -0.39 is 0 Å². The molecule has 4 unspecified atom stereocenters. The van der Waals surface area contributed by atoms with Crippen molar-refractivity contribution in [2.75, 3.05) is 13.2 Å². The highest BCUT2D eigenvalue weighted by molar-refractivity contribution is 5.91. The first-order chi connectivity index (χ1) is 22.2.